The van der Waals surface area contributed by atoms with Crippen molar-refractivity contribution in [3.05, 3.63) is 54.7 Å². The van der Waals surface area contributed by atoms with Crippen molar-refractivity contribution in [1.29, 1.82) is 0 Å². The van der Waals surface area contributed by atoms with Crippen molar-refractivity contribution in [2.75, 3.05) is 0 Å². The minimum Gasteiger partial charge on any atom is -0.253 e. The first kappa shape index (κ1) is 6.84. The molecule has 0 aliphatic carbocycles. The van der Waals surface area contributed by atoms with Gasteiger partial charge in [-0.15, -0.1) is 6.58 Å². The minimum absolute atomic E-state index is 0.431. The average molecular weight is 170 g/mol. The van der Waals surface area contributed by atoms with Crippen LogP contribution in [0, 0.1) is 0 Å². The third-order valence-corrected chi connectivity index (χ3v) is 1.91. The van der Waals surface area contributed by atoms with E-state index in [0.717, 1.165) is 16.6 Å². The Hall–Kier alpha value is -1.63. The lowest BCUT2D eigenvalue weighted by Gasteiger charge is -1.99. The molecule has 0 N–H and O–H groups in total. The van der Waals surface area contributed by atoms with Crippen molar-refractivity contribution < 1.29 is 1.37 Å². The SMILES string of the molecule is [2H]C(C=C)c1ccc2ccccc2n1. The number of aromatic nitrogens is 1. The fraction of sp³-hybridized carbons (Fsp3) is 0.0833. The van der Waals surface area contributed by atoms with Crippen LogP contribution in [0.15, 0.2) is 49.1 Å². The molecule has 1 heterocycles. The van der Waals surface area contributed by atoms with Gasteiger partial charge in [-0.2, -0.15) is 0 Å². The van der Waals surface area contributed by atoms with Gasteiger partial charge in [0, 0.05) is 18.8 Å². The van der Waals surface area contributed by atoms with Crippen molar-refractivity contribution in [2.45, 2.75) is 6.40 Å². The van der Waals surface area contributed by atoms with Crippen molar-refractivity contribution in [2.24, 2.45) is 0 Å². The predicted octanol–water partition coefficient (Wildman–Crippen LogP) is 2.96. The molecule has 0 amide bonds. The van der Waals surface area contributed by atoms with E-state index in [4.69, 9.17) is 1.37 Å². The van der Waals surface area contributed by atoms with Crippen LogP contribution < -0.4 is 0 Å². The molecule has 1 atom stereocenters. The van der Waals surface area contributed by atoms with E-state index in [1.807, 2.05) is 36.4 Å². The smallest absolute Gasteiger partial charge is 0.0705 e. The Morgan fingerprint density at radius 1 is 1.31 bits per heavy atom. The first-order valence-electron chi connectivity index (χ1n) is 4.79. The second kappa shape index (κ2) is 3.40. The van der Waals surface area contributed by atoms with Crippen molar-refractivity contribution in [3.63, 3.8) is 0 Å². The number of hydrogen-bond donors (Lipinski definition) is 0. The van der Waals surface area contributed by atoms with Gasteiger partial charge in [0.1, 0.15) is 0 Å². The summed E-state index contributed by atoms with van der Waals surface area (Å²) in [7, 11) is 0. The van der Waals surface area contributed by atoms with E-state index in [2.05, 4.69) is 11.6 Å². The van der Waals surface area contributed by atoms with Crippen molar-refractivity contribution in [3.8, 4) is 0 Å². The summed E-state index contributed by atoms with van der Waals surface area (Å²) in [5.74, 6) is 0. The molecule has 1 aromatic carbocycles. The van der Waals surface area contributed by atoms with Gasteiger partial charge < -0.3 is 0 Å². The van der Waals surface area contributed by atoms with Gasteiger partial charge in [-0.05, 0) is 12.1 Å². The predicted molar refractivity (Wildman–Crippen MR) is 55.6 cm³/mol. The molecular formula is C12H11N. The lowest BCUT2D eigenvalue weighted by atomic mass is 10.2. The summed E-state index contributed by atoms with van der Waals surface area (Å²) in [5.41, 5.74) is 1.68. The zero-order valence-corrected chi connectivity index (χ0v) is 7.27. The molecule has 0 fully saturated rings. The van der Waals surface area contributed by atoms with E-state index in [9.17, 15) is 0 Å². The molecule has 13 heavy (non-hydrogen) atoms. The fourth-order valence-corrected chi connectivity index (χ4v) is 1.30. The molecule has 1 nitrogen and oxygen atoms in total. The van der Waals surface area contributed by atoms with Gasteiger partial charge in [-0.1, -0.05) is 30.3 Å². The standard InChI is InChI=1S/C12H11N/c1-2-5-11-9-8-10-6-3-4-7-12(10)13-11/h2-4,6-9H,1,5H2/i5D. The van der Waals surface area contributed by atoms with Gasteiger partial charge >= 0.3 is 0 Å². The normalized spacial score (nSPS) is 13.7. The minimum atomic E-state index is -0.431. The van der Waals surface area contributed by atoms with Crippen molar-refractivity contribution >= 4 is 10.9 Å². The van der Waals surface area contributed by atoms with E-state index in [0.29, 0.717) is 0 Å². The molecule has 1 unspecified atom stereocenters. The van der Waals surface area contributed by atoms with Crippen LogP contribution in [0.25, 0.3) is 10.9 Å². The summed E-state index contributed by atoms with van der Waals surface area (Å²) in [6.07, 6.45) is 1.15. The number of fused-ring (bicyclic) bond motifs is 1. The molecule has 2 rings (SSSR count). The number of benzene rings is 1. The number of allylic oxidation sites excluding steroid dienone is 1. The monoisotopic (exact) mass is 170 g/mol. The Morgan fingerprint density at radius 3 is 3.00 bits per heavy atom. The third kappa shape index (κ3) is 1.59. The Kier molecular flexibility index (Phi) is 1.79. The molecular weight excluding hydrogens is 158 g/mol. The van der Waals surface area contributed by atoms with Crippen LogP contribution in [-0.4, -0.2) is 4.98 Å². The largest absolute Gasteiger partial charge is 0.253 e. The van der Waals surface area contributed by atoms with Gasteiger partial charge in [0.2, 0.25) is 0 Å². The number of hydrogen-bond acceptors (Lipinski definition) is 1. The summed E-state index contributed by atoms with van der Waals surface area (Å²) in [4.78, 5) is 4.39. The zero-order chi connectivity index (χ0) is 9.97. The lowest BCUT2D eigenvalue weighted by Crippen LogP contribution is -1.87. The van der Waals surface area contributed by atoms with Gasteiger partial charge in [0.15, 0.2) is 0 Å². The van der Waals surface area contributed by atoms with Gasteiger partial charge in [-0.3, -0.25) is 4.98 Å². The molecule has 0 bridgehead atoms. The van der Waals surface area contributed by atoms with Crippen LogP contribution in [0.5, 0.6) is 0 Å². The molecule has 2 aromatic rings. The highest BCUT2D eigenvalue weighted by Crippen LogP contribution is 2.11. The van der Waals surface area contributed by atoms with Crippen LogP contribution >= 0.6 is 0 Å². The molecule has 1 heteroatoms. The van der Waals surface area contributed by atoms with Crippen LogP contribution in [0.4, 0.5) is 0 Å². The van der Waals surface area contributed by atoms with E-state index < -0.39 is 6.40 Å². The molecule has 64 valence electrons. The summed E-state index contributed by atoms with van der Waals surface area (Å²) < 4.78 is 7.66. The van der Waals surface area contributed by atoms with Crippen LogP contribution in [0.1, 0.15) is 7.06 Å². The van der Waals surface area contributed by atoms with Crippen LogP contribution in [-0.2, 0) is 6.40 Å². The molecule has 0 spiro atoms. The van der Waals surface area contributed by atoms with Gasteiger partial charge in [-0.25, -0.2) is 0 Å². The topological polar surface area (TPSA) is 12.9 Å². The fourth-order valence-electron chi connectivity index (χ4n) is 1.30. The lowest BCUT2D eigenvalue weighted by molar-refractivity contribution is 1.15. The Bertz CT molecular complexity index is 465. The number of para-hydroxylation sites is 1. The van der Waals surface area contributed by atoms with Gasteiger partial charge in [0.05, 0.1) is 5.52 Å². The molecule has 0 aliphatic heterocycles. The summed E-state index contributed by atoms with van der Waals surface area (Å²) in [5, 5.41) is 1.10. The van der Waals surface area contributed by atoms with Crippen molar-refractivity contribution in [1.82, 2.24) is 4.98 Å². The Balaban J connectivity index is 2.56. The van der Waals surface area contributed by atoms with Gasteiger partial charge in [0.25, 0.3) is 0 Å². The highest BCUT2D eigenvalue weighted by Gasteiger charge is 1.94. The Morgan fingerprint density at radius 2 is 2.15 bits per heavy atom. The zero-order valence-electron chi connectivity index (χ0n) is 8.27. The average Bonchev–Trinajstić information content (AvgIpc) is 2.27. The quantitative estimate of drug-likeness (QED) is 0.631. The summed E-state index contributed by atoms with van der Waals surface area (Å²) in [6.45, 7) is 3.59. The number of rotatable bonds is 2. The van der Waals surface area contributed by atoms with E-state index in [1.54, 1.807) is 6.08 Å². The highest BCUT2D eigenvalue weighted by atomic mass is 14.7. The third-order valence-electron chi connectivity index (χ3n) is 1.91. The van der Waals surface area contributed by atoms with E-state index >= 15 is 0 Å². The number of nitrogens with zero attached hydrogens (tertiary/aromatic N) is 1. The van der Waals surface area contributed by atoms with E-state index in [-0.39, 0.29) is 0 Å². The molecule has 0 aliphatic rings. The van der Waals surface area contributed by atoms with Crippen LogP contribution in [0.3, 0.4) is 0 Å². The highest BCUT2D eigenvalue weighted by molar-refractivity contribution is 5.78. The summed E-state index contributed by atoms with van der Waals surface area (Å²) in [6, 6.07) is 11.8. The maximum atomic E-state index is 7.66. The second-order valence-electron chi connectivity index (χ2n) is 2.83. The molecule has 0 saturated carbocycles. The van der Waals surface area contributed by atoms with E-state index in [1.165, 1.54) is 0 Å². The second-order valence-corrected chi connectivity index (χ2v) is 2.83. The first-order valence-corrected chi connectivity index (χ1v) is 4.22. The number of pyridine rings is 1. The maximum Gasteiger partial charge on any atom is 0.0705 e. The molecule has 0 saturated heterocycles. The first-order chi connectivity index (χ1) is 6.81. The molecule has 0 radical (unpaired) electrons. The van der Waals surface area contributed by atoms with Crippen LogP contribution in [0.2, 0.25) is 0 Å². The molecule has 1 aromatic heterocycles. The maximum absolute atomic E-state index is 7.66. The summed E-state index contributed by atoms with van der Waals surface area (Å²) >= 11 is 0. The Labute approximate surface area is 79.1 Å².